The van der Waals surface area contributed by atoms with Gasteiger partial charge < -0.3 is 9.13 Å². The van der Waals surface area contributed by atoms with Crippen LogP contribution in [-0.2, 0) is 0 Å². The van der Waals surface area contributed by atoms with Crippen LogP contribution in [0.4, 0.5) is 0 Å². The molecule has 0 aliphatic carbocycles. The van der Waals surface area contributed by atoms with Crippen molar-refractivity contribution in [3.8, 4) is 29.3 Å². The van der Waals surface area contributed by atoms with Crippen molar-refractivity contribution in [3.05, 3.63) is 57.3 Å². The summed E-state index contributed by atoms with van der Waals surface area (Å²) in [6.07, 6.45) is 48.9. The third-order valence-electron chi connectivity index (χ3n) is 20.1. The summed E-state index contributed by atoms with van der Waals surface area (Å²) in [6.45, 7) is 14.7. The van der Waals surface area contributed by atoms with Crippen LogP contribution in [0.15, 0.2) is 36.4 Å². The molecule has 14 heteroatoms. The van der Waals surface area contributed by atoms with Crippen LogP contribution in [-0.4, -0.2) is 55.7 Å². The Morgan fingerprint density at radius 2 is 0.500 bits per heavy atom. The predicted octanol–water partition coefficient (Wildman–Crippen LogP) is 27.3. The van der Waals surface area contributed by atoms with E-state index in [0.717, 1.165) is 58.0 Å². The summed E-state index contributed by atoms with van der Waals surface area (Å²) in [7, 11) is 0. The Hall–Kier alpha value is -3.92. The van der Waals surface area contributed by atoms with Gasteiger partial charge in [0.15, 0.2) is 0 Å². The lowest BCUT2D eigenvalue weighted by atomic mass is 9.99. The molecule has 0 unspecified atom stereocenters. The predicted molar refractivity (Wildman–Crippen MR) is 404 cm³/mol. The molecule has 0 saturated heterocycles. The van der Waals surface area contributed by atoms with E-state index in [0.29, 0.717) is 46.1 Å². The van der Waals surface area contributed by atoms with Crippen LogP contribution >= 0.6 is 68.0 Å². The summed E-state index contributed by atoms with van der Waals surface area (Å²) in [5.74, 6) is -0.460. The van der Waals surface area contributed by atoms with Gasteiger partial charge in [0.2, 0.25) is 0 Å². The van der Waals surface area contributed by atoms with Gasteiger partial charge in [-0.3, -0.25) is 29.0 Å². The number of hydrogen-bond donors (Lipinski definition) is 0. The van der Waals surface area contributed by atoms with E-state index < -0.39 is 0 Å². The van der Waals surface area contributed by atoms with Crippen LogP contribution in [0, 0.1) is 0 Å². The fraction of sp³-hybridized carbons (Fsp3) is 0.641. The van der Waals surface area contributed by atoms with Crippen molar-refractivity contribution in [1.82, 2.24) is 18.9 Å². The second-order valence-electron chi connectivity index (χ2n) is 27.3. The monoisotopic (exact) mass is 1360 g/mol. The van der Waals surface area contributed by atoms with Gasteiger partial charge in [-0.15, -0.1) is 68.0 Å². The fourth-order valence-electron chi connectivity index (χ4n) is 14.8. The van der Waals surface area contributed by atoms with E-state index >= 15 is 0 Å². The van der Waals surface area contributed by atoms with Crippen molar-refractivity contribution in [1.29, 1.82) is 0 Å². The van der Waals surface area contributed by atoms with E-state index in [-0.39, 0.29) is 23.6 Å². The van der Waals surface area contributed by atoms with Crippen LogP contribution in [0.2, 0.25) is 0 Å². The minimum Gasteiger partial charge on any atom is -0.336 e. The number of nitrogens with zero attached hydrogens (tertiary/aromatic N) is 4. The van der Waals surface area contributed by atoms with E-state index in [9.17, 15) is 19.2 Å². The summed E-state index contributed by atoms with van der Waals surface area (Å²) >= 11 is 10.7. The molecule has 0 atom stereocenters. The lowest BCUT2D eigenvalue weighted by Gasteiger charge is -2.21. The van der Waals surface area contributed by atoms with Crippen molar-refractivity contribution < 1.29 is 19.2 Å². The molecule has 0 radical (unpaired) electrons. The number of rotatable bonds is 47. The Morgan fingerprint density at radius 1 is 0.272 bits per heavy atom. The highest BCUT2D eigenvalue weighted by atomic mass is 32.1. The number of fused-ring (bicyclic) bond motifs is 8. The smallest absolute Gasteiger partial charge is 0.271 e. The Bertz CT molecular complexity index is 3310. The van der Waals surface area contributed by atoms with Gasteiger partial charge in [-0.1, -0.05) is 260 Å². The number of unbranched alkanes of at least 4 members (excludes halogenated alkanes) is 30. The average molecular weight is 1360 g/mol. The maximum absolute atomic E-state index is 14.0. The number of thiophene rings is 6. The minimum atomic E-state index is -0.119. The number of aromatic nitrogens is 2. The normalized spacial score (nSPS) is 13.7. The SMILES string of the molecule is CCCCCCCCC(CCCCCCCC)n1c2cc(-c3cc4c(s3)C(=O)N(CCCCCCCC)C4=O)sc2c2sc(-c3cc4c(s3)c3sc(-c5cc6c(s5)C(=O)N(CCCCCCCC)C6=O)cc3n4C(CCCCCCCC)CCCCCCCC)cc21. The second kappa shape index (κ2) is 35.9. The molecule has 8 nitrogen and oxygen atoms in total. The largest absolute Gasteiger partial charge is 0.336 e. The molecule has 8 aromatic heterocycles. The van der Waals surface area contributed by atoms with E-state index in [2.05, 4.69) is 74.9 Å². The zero-order valence-corrected chi connectivity index (χ0v) is 62.1. The third-order valence-corrected chi connectivity index (χ3v) is 27.7. The highest BCUT2D eigenvalue weighted by Gasteiger charge is 2.40. The first-order valence-corrected chi connectivity index (χ1v) is 42.2. The number of imide groups is 2. The molecular weight excluding hydrogens is 1250 g/mol. The van der Waals surface area contributed by atoms with Crippen molar-refractivity contribution in [2.24, 2.45) is 0 Å². The molecule has 0 N–H and O–H groups in total. The summed E-state index contributed by atoms with van der Waals surface area (Å²) in [5.41, 5.74) is 6.52. The van der Waals surface area contributed by atoms with E-state index in [1.54, 1.807) is 0 Å². The van der Waals surface area contributed by atoms with Gasteiger partial charge in [-0.2, -0.15) is 0 Å². The van der Waals surface area contributed by atoms with Gasteiger partial charge in [-0.25, -0.2) is 0 Å². The van der Waals surface area contributed by atoms with Crippen LogP contribution in [0.25, 0.3) is 70.1 Å². The summed E-state index contributed by atoms with van der Waals surface area (Å²) in [4.78, 5) is 67.3. The first-order chi connectivity index (χ1) is 45.1. The Balaban J connectivity index is 1.03. The van der Waals surface area contributed by atoms with Crippen molar-refractivity contribution in [2.45, 2.75) is 310 Å². The molecule has 10 heterocycles. The van der Waals surface area contributed by atoms with Gasteiger partial charge in [0.05, 0.1) is 52.0 Å². The Morgan fingerprint density at radius 3 is 0.750 bits per heavy atom. The molecule has 2 aliphatic heterocycles. The molecular formula is C78H110N4O4S6. The summed E-state index contributed by atoms with van der Waals surface area (Å²) in [6, 6.07) is 14.8. The van der Waals surface area contributed by atoms with Gasteiger partial charge in [0.25, 0.3) is 23.6 Å². The lowest BCUT2D eigenvalue weighted by molar-refractivity contribution is 0.0637. The van der Waals surface area contributed by atoms with Crippen LogP contribution in [0.3, 0.4) is 0 Å². The summed E-state index contributed by atoms with van der Waals surface area (Å²) in [5, 5.41) is 0. The highest BCUT2D eigenvalue weighted by molar-refractivity contribution is 7.35. The van der Waals surface area contributed by atoms with Gasteiger partial charge in [0, 0.05) is 54.4 Å². The highest BCUT2D eigenvalue weighted by Crippen LogP contribution is 2.54. The standard InChI is InChI=1S/C78H110N4O4S6/c1-7-13-19-25-31-37-43-55(44-38-32-26-20-14-8-2)81-59-51-65(63-49-57-69(87-63)77(85)79(75(57)83)47-41-35-29-23-17-11-5)89-71(59)73-61(81)53-67(91-73)68-54-62-74(92-68)72-60(82(62)56(45-39-33-27-21-15-9-3)46-40-34-28-22-16-10-4)52-66(90-72)64-50-58-70(88-64)78(86)80(76(58)84)48-42-36-30-24-18-12-6/h49-56H,7-48H2,1-6H3. The molecule has 0 spiro atoms. The zero-order chi connectivity index (χ0) is 64.3. The first-order valence-electron chi connectivity index (χ1n) is 37.3. The molecule has 2 aliphatic rings. The topological polar surface area (TPSA) is 84.6 Å². The molecule has 92 heavy (non-hydrogen) atoms. The van der Waals surface area contributed by atoms with Crippen molar-refractivity contribution in [2.75, 3.05) is 13.1 Å². The van der Waals surface area contributed by atoms with Crippen LogP contribution in [0.1, 0.15) is 351 Å². The van der Waals surface area contributed by atoms with E-state index in [4.69, 9.17) is 0 Å². The lowest BCUT2D eigenvalue weighted by Crippen LogP contribution is -2.30. The van der Waals surface area contributed by atoms with Crippen LogP contribution < -0.4 is 0 Å². The van der Waals surface area contributed by atoms with E-state index in [1.165, 1.54) is 301 Å². The minimum absolute atomic E-state index is 0.111. The number of carbonyl (C=O) groups is 4. The summed E-state index contributed by atoms with van der Waals surface area (Å²) < 4.78 is 10.9. The molecule has 0 saturated carbocycles. The molecule has 0 bridgehead atoms. The quantitative estimate of drug-likeness (QED) is 0.0281. The van der Waals surface area contributed by atoms with Gasteiger partial charge >= 0.3 is 0 Å². The molecule has 0 fully saturated rings. The second-order valence-corrected chi connectivity index (χ2v) is 33.7. The molecule has 502 valence electrons. The molecule has 10 rings (SSSR count). The van der Waals surface area contributed by atoms with Gasteiger partial charge in [-0.05, 0) is 74.9 Å². The number of amides is 4. The maximum atomic E-state index is 14.0. The molecule has 4 amide bonds. The van der Waals surface area contributed by atoms with Crippen molar-refractivity contribution in [3.63, 3.8) is 0 Å². The van der Waals surface area contributed by atoms with Gasteiger partial charge in [0.1, 0.15) is 9.75 Å². The third kappa shape index (κ3) is 16.9. The zero-order valence-electron chi connectivity index (χ0n) is 57.2. The van der Waals surface area contributed by atoms with Crippen LogP contribution in [0.5, 0.6) is 0 Å². The average Bonchev–Trinajstić information content (AvgIpc) is 1.56. The van der Waals surface area contributed by atoms with E-state index in [1.807, 2.05) is 57.5 Å². The number of carbonyl (C=O) groups excluding carboxylic acids is 4. The van der Waals surface area contributed by atoms with Crippen molar-refractivity contribution >= 4 is 133 Å². The molecule has 8 aromatic rings. The Labute approximate surface area is 576 Å². The number of hydrogen-bond acceptors (Lipinski definition) is 10. The Kier molecular flexibility index (Phi) is 27.6. The maximum Gasteiger partial charge on any atom is 0.271 e. The molecule has 0 aromatic carbocycles. The fourth-order valence-corrected chi connectivity index (χ4v) is 22.1. The first kappa shape index (κ1) is 70.9.